The SMILES string of the molecule is C.CCC(=O)CC.CCC([O-])(CC)CC.[Li+]. The number of rotatable bonds is 5. The Balaban J connectivity index is -0.0000000825. The normalized spacial score (nSPS) is 9.12. The fourth-order valence-corrected chi connectivity index (χ4v) is 1.000. The fraction of sp³-hybridized carbons (Fsp3) is 0.923. The van der Waals surface area contributed by atoms with E-state index in [1.165, 1.54) is 0 Å². The van der Waals surface area contributed by atoms with Gasteiger partial charge in [-0.15, -0.1) is 5.60 Å². The molecule has 0 rings (SSSR count). The van der Waals surface area contributed by atoms with Crippen LogP contribution in [0.4, 0.5) is 0 Å². The van der Waals surface area contributed by atoms with E-state index in [1.807, 2.05) is 34.6 Å². The summed E-state index contributed by atoms with van der Waals surface area (Å²) in [5.74, 6) is 0.343. The molecule has 0 radical (unpaired) electrons. The van der Waals surface area contributed by atoms with Crippen LogP contribution in [0.25, 0.3) is 0 Å². The van der Waals surface area contributed by atoms with E-state index < -0.39 is 5.60 Å². The van der Waals surface area contributed by atoms with Crippen molar-refractivity contribution in [3.8, 4) is 0 Å². The van der Waals surface area contributed by atoms with Crippen molar-refractivity contribution in [3.63, 3.8) is 0 Å². The summed E-state index contributed by atoms with van der Waals surface area (Å²) < 4.78 is 0. The Morgan fingerprint density at radius 2 is 1.19 bits per heavy atom. The Hall–Kier alpha value is 0.227. The van der Waals surface area contributed by atoms with E-state index in [0.29, 0.717) is 18.6 Å². The molecular formula is C13H29LiO2. The average Bonchev–Trinajstić information content (AvgIpc) is 2.27. The average molecular weight is 224 g/mol. The Labute approximate surface area is 114 Å². The first-order valence-corrected chi connectivity index (χ1v) is 5.71. The second-order valence-electron chi connectivity index (χ2n) is 3.49. The molecule has 0 aromatic heterocycles. The fourth-order valence-electron chi connectivity index (χ4n) is 1.000. The molecule has 0 N–H and O–H groups in total. The molecule has 2 nitrogen and oxygen atoms in total. The van der Waals surface area contributed by atoms with Gasteiger partial charge >= 0.3 is 18.9 Å². The maximum Gasteiger partial charge on any atom is 1.00 e. The largest absolute Gasteiger partial charge is 1.00 e. The van der Waals surface area contributed by atoms with Crippen LogP contribution in [0.2, 0.25) is 0 Å². The first kappa shape index (κ1) is 25.2. The molecule has 0 saturated carbocycles. The number of hydrogen-bond donors (Lipinski definition) is 0. The van der Waals surface area contributed by atoms with Gasteiger partial charge in [-0.1, -0.05) is 61.3 Å². The molecule has 0 heterocycles. The van der Waals surface area contributed by atoms with E-state index in [2.05, 4.69) is 0 Å². The summed E-state index contributed by atoms with van der Waals surface area (Å²) in [5, 5.41) is 11.2. The third-order valence-electron chi connectivity index (χ3n) is 2.72. The first-order valence-electron chi connectivity index (χ1n) is 5.71. The first-order chi connectivity index (χ1) is 6.49. The van der Waals surface area contributed by atoms with Gasteiger partial charge in [0, 0.05) is 12.8 Å². The minimum absolute atomic E-state index is 0. The molecule has 0 aromatic rings. The van der Waals surface area contributed by atoms with Gasteiger partial charge in [-0.05, 0) is 0 Å². The van der Waals surface area contributed by atoms with Crippen LogP contribution in [0.3, 0.4) is 0 Å². The van der Waals surface area contributed by atoms with Gasteiger partial charge in [-0.2, -0.15) is 0 Å². The summed E-state index contributed by atoms with van der Waals surface area (Å²) in [6.45, 7) is 9.64. The summed E-state index contributed by atoms with van der Waals surface area (Å²) in [6, 6.07) is 0. The van der Waals surface area contributed by atoms with Crippen molar-refractivity contribution in [2.75, 3.05) is 0 Å². The molecule has 3 heteroatoms. The van der Waals surface area contributed by atoms with Crippen molar-refractivity contribution in [3.05, 3.63) is 0 Å². The molecule has 16 heavy (non-hydrogen) atoms. The van der Waals surface area contributed by atoms with Crippen molar-refractivity contribution < 1.29 is 28.8 Å². The minimum atomic E-state index is -0.625. The van der Waals surface area contributed by atoms with Crippen molar-refractivity contribution in [2.24, 2.45) is 0 Å². The van der Waals surface area contributed by atoms with Gasteiger partial charge in [0.2, 0.25) is 0 Å². The van der Waals surface area contributed by atoms with Crippen molar-refractivity contribution in [2.45, 2.75) is 79.8 Å². The number of carbonyl (C=O) groups is 1. The van der Waals surface area contributed by atoms with Crippen LogP contribution in [-0.4, -0.2) is 11.4 Å². The summed E-state index contributed by atoms with van der Waals surface area (Å²) in [6.07, 6.45) is 3.67. The summed E-state index contributed by atoms with van der Waals surface area (Å²) in [5.41, 5.74) is -0.625. The summed E-state index contributed by atoms with van der Waals surface area (Å²) in [4.78, 5) is 10.2. The standard InChI is InChI=1S/C7H15O.C5H10O.CH4.Li/c1-4-7(8,5-2)6-3;1-3-5(6)4-2;;/h4-6H2,1-3H3;3-4H2,1-2H3;1H4;/q-1;;;+1. The Kier molecular flexibility index (Phi) is 24.0. The van der Waals surface area contributed by atoms with Gasteiger partial charge in [0.05, 0.1) is 0 Å². The molecule has 0 spiro atoms. The Morgan fingerprint density at radius 3 is 1.19 bits per heavy atom. The zero-order valence-electron chi connectivity index (χ0n) is 11.4. The van der Waals surface area contributed by atoms with Gasteiger partial charge in [0.25, 0.3) is 0 Å². The monoisotopic (exact) mass is 224 g/mol. The second-order valence-corrected chi connectivity index (χ2v) is 3.49. The van der Waals surface area contributed by atoms with Crippen molar-refractivity contribution >= 4 is 5.78 Å². The molecule has 0 aliphatic rings. The van der Waals surface area contributed by atoms with E-state index in [-0.39, 0.29) is 26.3 Å². The molecule has 94 valence electrons. The Bertz CT molecular complexity index is 129. The van der Waals surface area contributed by atoms with Gasteiger partial charge in [0.15, 0.2) is 0 Å². The summed E-state index contributed by atoms with van der Waals surface area (Å²) >= 11 is 0. The van der Waals surface area contributed by atoms with Crippen LogP contribution in [0.15, 0.2) is 0 Å². The molecule has 0 aromatic carbocycles. The van der Waals surface area contributed by atoms with Crippen LogP contribution in [-0.2, 0) is 4.79 Å². The Morgan fingerprint density at radius 1 is 0.938 bits per heavy atom. The van der Waals surface area contributed by atoms with Crippen LogP contribution >= 0.6 is 0 Å². The molecular weight excluding hydrogens is 195 g/mol. The topological polar surface area (TPSA) is 40.1 Å². The molecule has 0 fully saturated rings. The van der Waals surface area contributed by atoms with Crippen molar-refractivity contribution in [1.82, 2.24) is 0 Å². The minimum Gasteiger partial charge on any atom is -0.849 e. The smallest absolute Gasteiger partial charge is 0.849 e. The van der Waals surface area contributed by atoms with Crippen LogP contribution in [0.1, 0.15) is 74.1 Å². The van der Waals surface area contributed by atoms with E-state index in [0.717, 1.165) is 19.3 Å². The van der Waals surface area contributed by atoms with E-state index in [9.17, 15) is 9.90 Å². The zero-order chi connectivity index (χ0) is 11.6. The number of ketones is 1. The van der Waals surface area contributed by atoms with Crippen LogP contribution < -0.4 is 24.0 Å². The molecule has 0 aliphatic carbocycles. The van der Waals surface area contributed by atoms with Gasteiger partial charge in [-0.3, -0.25) is 4.79 Å². The third kappa shape index (κ3) is 14.2. The molecule has 0 saturated heterocycles. The van der Waals surface area contributed by atoms with E-state index in [1.54, 1.807) is 0 Å². The molecule has 0 bridgehead atoms. The molecule has 0 amide bonds. The predicted molar refractivity (Wildman–Crippen MR) is 65.9 cm³/mol. The van der Waals surface area contributed by atoms with E-state index >= 15 is 0 Å². The van der Waals surface area contributed by atoms with Crippen molar-refractivity contribution in [1.29, 1.82) is 0 Å². The van der Waals surface area contributed by atoms with Gasteiger partial charge < -0.3 is 5.11 Å². The van der Waals surface area contributed by atoms with Crippen LogP contribution in [0, 0.1) is 0 Å². The number of Topliss-reactive ketones (excluding diaryl/α,β-unsaturated/α-hetero) is 1. The third-order valence-corrected chi connectivity index (χ3v) is 2.72. The molecule has 0 unspecified atom stereocenters. The predicted octanol–water partition coefficient (Wildman–Crippen LogP) is 0.331. The molecule has 0 aliphatic heterocycles. The zero-order valence-corrected chi connectivity index (χ0v) is 11.4. The maximum atomic E-state index is 11.2. The van der Waals surface area contributed by atoms with Gasteiger partial charge in [0.1, 0.15) is 5.78 Å². The summed E-state index contributed by atoms with van der Waals surface area (Å²) in [7, 11) is 0. The quantitative estimate of drug-likeness (QED) is 0.631. The number of hydrogen-bond acceptors (Lipinski definition) is 2. The maximum absolute atomic E-state index is 11.2. The van der Waals surface area contributed by atoms with Gasteiger partial charge in [-0.25, -0.2) is 0 Å². The molecule has 0 atom stereocenters. The number of carbonyl (C=O) groups excluding carboxylic acids is 1. The second kappa shape index (κ2) is 15.2. The van der Waals surface area contributed by atoms with Crippen LogP contribution in [0.5, 0.6) is 0 Å². The van der Waals surface area contributed by atoms with E-state index in [4.69, 9.17) is 0 Å².